The zero-order valence-electron chi connectivity index (χ0n) is 61.4. The molecule has 0 saturated carbocycles. The lowest BCUT2D eigenvalue weighted by Crippen LogP contribution is -2.30. The Kier molecular flexibility index (Phi) is 68.0. The number of hydrogen-bond acceptors (Lipinski definition) is 15. The second-order valence-electron chi connectivity index (χ2n) is 25.2. The van der Waals surface area contributed by atoms with Crippen LogP contribution in [0.1, 0.15) is 310 Å². The number of hydrogen-bond donors (Lipinski definition) is 3. The van der Waals surface area contributed by atoms with E-state index in [9.17, 15) is 43.2 Å². The highest BCUT2D eigenvalue weighted by atomic mass is 31.2. The molecule has 0 aromatic rings. The summed E-state index contributed by atoms with van der Waals surface area (Å²) in [6.45, 7) is 4.56. The number of aliphatic hydroxyl groups excluding tert-OH is 1. The molecule has 0 aliphatic carbocycles. The Morgan fingerprint density at radius 1 is 0.296 bits per heavy atom. The Hall–Kier alpha value is -4.28. The molecule has 17 nitrogen and oxygen atoms in total. The third-order valence-corrected chi connectivity index (χ3v) is 17.7. The highest BCUT2D eigenvalue weighted by Crippen LogP contribution is 2.45. The van der Waals surface area contributed by atoms with Gasteiger partial charge >= 0.3 is 39.5 Å². The molecule has 0 spiro atoms. The van der Waals surface area contributed by atoms with Gasteiger partial charge in [0.1, 0.15) is 19.3 Å². The monoisotopic (exact) mass is 1420 g/mol. The summed E-state index contributed by atoms with van der Waals surface area (Å²) in [5.74, 6) is -2.26. The van der Waals surface area contributed by atoms with Crippen molar-refractivity contribution in [2.45, 2.75) is 329 Å². The van der Waals surface area contributed by atoms with Crippen LogP contribution >= 0.6 is 15.6 Å². The van der Waals surface area contributed by atoms with Crippen LogP contribution < -0.4 is 0 Å². The molecule has 0 aliphatic rings. The second-order valence-corrected chi connectivity index (χ2v) is 28.1. The van der Waals surface area contributed by atoms with Crippen molar-refractivity contribution in [3.05, 3.63) is 109 Å². The summed E-state index contributed by atoms with van der Waals surface area (Å²) in [6.07, 6.45) is 75.2. The van der Waals surface area contributed by atoms with Gasteiger partial charge in [-0.3, -0.25) is 37.3 Å². The average molecular weight is 1420 g/mol. The number of carbonyl (C=O) groups excluding carboxylic acids is 4. The molecule has 0 aromatic heterocycles. The number of phosphoric acid groups is 2. The Morgan fingerprint density at radius 2 is 0.541 bits per heavy atom. The predicted octanol–water partition coefficient (Wildman–Crippen LogP) is 21.8. The summed E-state index contributed by atoms with van der Waals surface area (Å²) in [5, 5.41) is 10.6. The molecule has 0 heterocycles. The van der Waals surface area contributed by atoms with E-state index in [0.717, 1.165) is 128 Å². The molecule has 0 rings (SSSR count). The fourth-order valence-electron chi connectivity index (χ4n) is 10.0. The number of ether oxygens (including phenoxy) is 4. The molecule has 0 saturated heterocycles. The quantitative estimate of drug-likeness (QED) is 0.0169. The summed E-state index contributed by atoms with van der Waals surface area (Å²) in [6, 6.07) is 0. The first-order chi connectivity index (χ1) is 47.7. The normalized spacial score (nSPS) is 14.6. The Balaban J connectivity index is 5.40. The van der Waals surface area contributed by atoms with Crippen LogP contribution in [0.3, 0.4) is 0 Å². The minimum Gasteiger partial charge on any atom is -0.462 e. The third kappa shape index (κ3) is 70.2. The Labute approximate surface area is 594 Å². The van der Waals surface area contributed by atoms with E-state index in [2.05, 4.69) is 125 Å². The van der Waals surface area contributed by atoms with E-state index in [4.69, 9.17) is 37.0 Å². The summed E-state index contributed by atoms with van der Waals surface area (Å²) in [7, 11) is -9.96. The maximum absolute atomic E-state index is 13.1. The first-order valence-electron chi connectivity index (χ1n) is 38.1. The molecule has 564 valence electrons. The fourth-order valence-corrected chi connectivity index (χ4v) is 11.6. The molecule has 0 amide bonds. The van der Waals surface area contributed by atoms with Gasteiger partial charge in [-0.2, -0.15) is 0 Å². The molecule has 3 N–H and O–H groups in total. The van der Waals surface area contributed by atoms with Gasteiger partial charge in [0.15, 0.2) is 12.2 Å². The lowest BCUT2D eigenvalue weighted by molar-refractivity contribution is -0.161. The van der Waals surface area contributed by atoms with Crippen LogP contribution in [0.5, 0.6) is 0 Å². The van der Waals surface area contributed by atoms with Crippen molar-refractivity contribution in [2.24, 2.45) is 0 Å². The number of aliphatic hydroxyl groups is 1. The zero-order valence-corrected chi connectivity index (χ0v) is 63.2. The molecule has 0 aliphatic heterocycles. The molecule has 5 atom stereocenters. The van der Waals surface area contributed by atoms with E-state index >= 15 is 0 Å². The van der Waals surface area contributed by atoms with Crippen LogP contribution in [0.25, 0.3) is 0 Å². The van der Waals surface area contributed by atoms with Gasteiger partial charge < -0.3 is 33.8 Å². The first-order valence-corrected chi connectivity index (χ1v) is 41.1. The third-order valence-electron chi connectivity index (χ3n) is 15.8. The summed E-state index contributed by atoms with van der Waals surface area (Å²) >= 11 is 0. The maximum Gasteiger partial charge on any atom is 0.472 e. The van der Waals surface area contributed by atoms with Crippen molar-refractivity contribution < 1.29 is 80.2 Å². The Morgan fingerprint density at radius 3 is 0.857 bits per heavy atom. The van der Waals surface area contributed by atoms with E-state index in [0.29, 0.717) is 32.1 Å². The van der Waals surface area contributed by atoms with E-state index in [1.165, 1.54) is 96.3 Å². The van der Waals surface area contributed by atoms with Crippen LogP contribution in [0.15, 0.2) is 109 Å². The van der Waals surface area contributed by atoms with E-state index in [-0.39, 0.29) is 25.7 Å². The highest BCUT2D eigenvalue weighted by Gasteiger charge is 2.30. The van der Waals surface area contributed by atoms with Crippen molar-refractivity contribution in [1.29, 1.82) is 0 Å². The van der Waals surface area contributed by atoms with E-state index in [1.54, 1.807) is 0 Å². The number of esters is 4. The smallest absolute Gasteiger partial charge is 0.462 e. The first kappa shape index (κ1) is 93.7. The average Bonchev–Trinajstić information content (AvgIpc) is 0.980. The van der Waals surface area contributed by atoms with Gasteiger partial charge in [0.2, 0.25) is 0 Å². The van der Waals surface area contributed by atoms with Crippen molar-refractivity contribution in [1.82, 2.24) is 0 Å². The van der Waals surface area contributed by atoms with Crippen molar-refractivity contribution in [3.63, 3.8) is 0 Å². The Bertz CT molecular complexity index is 2290. The minimum absolute atomic E-state index is 0.0534. The molecular formula is C79H136O17P2. The number of rotatable bonds is 71. The SMILES string of the molecule is CC/C=C\C/C=C\C/C=C\C/C=C\C/C=C\CCCC(=O)OCC(COP(=O)(O)OCC(O)COP(=O)(O)OCC(COC(=O)CCCCCCCCCCCCCCC)OC(=O)CCCCCCCCCCCCC)OC(=O)CCCCCC/C=C\C/C=C\C/C=C\C/C=C\CC. The van der Waals surface area contributed by atoms with E-state index < -0.39 is 97.5 Å². The van der Waals surface area contributed by atoms with Gasteiger partial charge in [-0.1, -0.05) is 291 Å². The van der Waals surface area contributed by atoms with Gasteiger partial charge in [-0.05, 0) is 103 Å². The molecular weight excluding hydrogens is 1280 g/mol. The van der Waals surface area contributed by atoms with Crippen LogP contribution in [-0.4, -0.2) is 96.7 Å². The molecule has 98 heavy (non-hydrogen) atoms. The molecule has 5 unspecified atom stereocenters. The largest absolute Gasteiger partial charge is 0.472 e. The number of allylic oxidation sites excluding steroid dienone is 18. The summed E-state index contributed by atoms with van der Waals surface area (Å²) < 4.78 is 68.4. The zero-order chi connectivity index (χ0) is 71.8. The van der Waals surface area contributed by atoms with Gasteiger partial charge in [0.25, 0.3) is 0 Å². The molecule has 0 fully saturated rings. The fraction of sp³-hybridized carbons (Fsp3) is 0.722. The number of unbranched alkanes of at least 4 members (excludes halogenated alkanes) is 27. The standard InChI is InChI=1S/C79H136O17P2/c1-5-9-13-17-21-25-29-32-34-36-38-41-45-48-52-56-60-64-77(82)90-70-75(96-79(84)66-62-58-54-50-46-42-39-37-35-33-30-26-22-18-14-10-6-2)72-94-98(87,88)92-68-73(80)67-91-97(85,86)93-71-74(95-78(83)65-61-57-53-49-43-28-24-20-16-12-8-4)69-89-76(81)63-59-55-51-47-44-40-31-27-23-19-15-11-7-3/h9-10,13-14,21-22,25-26,32-35,38-39,41-42,48,52,73-75,80H,5-8,11-12,15-20,23-24,27-31,36-37,40,43-47,49-51,53-72H2,1-4H3,(H,85,86)(H,87,88)/b13-9-,14-10-,25-21-,26-22-,34-32-,35-33-,41-38-,42-39-,52-48-. The lowest BCUT2D eigenvalue weighted by atomic mass is 10.0. The van der Waals surface area contributed by atoms with Crippen molar-refractivity contribution >= 4 is 39.5 Å². The van der Waals surface area contributed by atoms with Gasteiger partial charge in [-0.25, -0.2) is 9.13 Å². The molecule has 0 radical (unpaired) electrons. The minimum atomic E-state index is -4.99. The van der Waals surface area contributed by atoms with Gasteiger partial charge in [-0.15, -0.1) is 0 Å². The topological polar surface area (TPSA) is 237 Å². The molecule has 19 heteroatoms. The van der Waals surface area contributed by atoms with Crippen LogP contribution in [0.4, 0.5) is 0 Å². The van der Waals surface area contributed by atoms with Crippen LogP contribution in [0.2, 0.25) is 0 Å². The molecule has 0 aromatic carbocycles. The van der Waals surface area contributed by atoms with Gasteiger partial charge in [0, 0.05) is 25.7 Å². The van der Waals surface area contributed by atoms with Crippen LogP contribution in [-0.2, 0) is 65.4 Å². The number of carbonyl (C=O) groups is 4. The maximum atomic E-state index is 13.1. The summed E-state index contributed by atoms with van der Waals surface area (Å²) in [4.78, 5) is 72.8. The summed E-state index contributed by atoms with van der Waals surface area (Å²) in [5.41, 5.74) is 0. The van der Waals surface area contributed by atoms with Gasteiger partial charge in [0.05, 0.1) is 26.4 Å². The van der Waals surface area contributed by atoms with Crippen molar-refractivity contribution in [3.8, 4) is 0 Å². The predicted molar refractivity (Wildman–Crippen MR) is 399 cm³/mol. The molecule has 0 bridgehead atoms. The second kappa shape index (κ2) is 71.1. The van der Waals surface area contributed by atoms with E-state index in [1.807, 2.05) is 12.2 Å². The van der Waals surface area contributed by atoms with Crippen LogP contribution in [0, 0.1) is 0 Å². The lowest BCUT2D eigenvalue weighted by Gasteiger charge is -2.21. The number of phosphoric ester groups is 2. The van der Waals surface area contributed by atoms with Crippen molar-refractivity contribution in [2.75, 3.05) is 39.6 Å². The highest BCUT2D eigenvalue weighted by molar-refractivity contribution is 7.47.